The molecule has 12 heteroatoms. The highest BCUT2D eigenvalue weighted by molar-refractivity contribution is 9.11. The minimum atomic E-state index is 0.409. The molecular weight excluding hydrogens is 656 g/mol. The van der Waals surface area contributed by atoms with Crippen molar-refractivity contribution in [1.82, 2.24) is 0 Å². The highest BCUT2D eigenvalue weighted by Crippen LogP contribution is 2.36. The first kappa shape index (κ1) is 32.9. The molecule has 40 heavy (non-hydrogen) atoms. The van der Waals surface area contributed by atoms with Crippen LogP contribution in [0.4, 0.5) is 0 Å². The molecule has 0 amide bonds. The number of ether oxygens (including phenoxy) is 10. The summed E-state index contributed by atoms with van der Waals surface area (Å²) in [6, 6.07) is 11.2. The number of benzene rings is 2. The Morgan fingerprint density at radius 1 is 0.350 bits per heavy atom. The molecule has 4 bridgehead atoms. The molecule has 2 aromatic rings. The predicted molar refractivity (Wildman–Crippen MR) is 155 cm³/mol. The summed E-state index contributed by atoms with van der Waals surface area (Å²) < 4.78 is 57.9. The third-order valence-corrected chi connectivity index (χ3v) is 6.50. The molecule has 0 unspecified atom stereocenters. The lowest BCUT2D eigenvalue weighted by atomic mass is 10.3. The summed E-state index contributed by atoms with van der Waals surface area (Å²) in [7, 11) is 0. The van der Waals surface area contributed by atoms with E-state index in [1.54, 1.807) is 0 Å². The van der Waals surface area contributed by atoms with Gasteiger partial charge in [-0.15, -0.1) is 0 Å². The average molecular weight is 694 g/mol. The van der Waals surface area contributed by atoms with E-state index in [0.717, 1.165) is 20.4 Å². The van der Waals surface area contributed by atoms with Crippen LogP contribution in [-0.4, -0.2) is 106 Å². The Hall–Kier alpha value is -1.64. The van der Waals surface area contributed by atoms with Gasteiger partial charge >= 0.3 is 0 Å². The zero-order valence-corrected chi connectivity index (χ0v) is 25.8. The Morgan fingerprint density at radius 2 is 0.600 bits per heavy atom. The summed E-state index contributed by atoms with van der Waals surface area (Å²) >= 11 is 7.06. The molecule has 0 N–H and O–H groups in total. The quantitative estimate of drug-likeness (QED) is 0.392. The summed E-state index contributed by atoms with van der Waals surface area (Å²) in [6.45, 7) is 7.44. The van der Waals surface area contributed by atoms with Gasteiger partial charge in [0.2, 0.25) is 0 Å². The fourth-order valence-corrected chi connectivity index (χ4v) is 4.18. The number of hydrogen-bond acceptors (Lipinski definition) is 10. The van der Waals surface area contributed by atoms with E-state index in [4.69, 9.17) is 47.4 Å². The SMILES string of the molecule is Brc1cc2c(Br)cc1OCCOCCOCCOCCOc1ccc(cc1)OCCOCCOCCOCCO2. The van der Waals surface area contributed by atoms with Crippen LogP contribution in [0.3, 0.4) is 0 Å². The Labute approximate surface area is 252 Å². The van der Waals surface area contributed by atoms with Gasteiger partial charge < -0.3 is 47.4 Å². The topological polar surface area (TPSA) is 92.3 Å². The minimum absolute atomic E-state index is 0.409. The van der Waals surface area contributed by atoms with Gasteiger partial charge in [0.1, 0.15) is 49.4 Å². The Balaban J connectivity index is 1.37. The fraction of sp³-hybridized carbons (Fsp3) is 0.571. The first-order valence-electron chi connectivity index (χ1n) is 13.3. The van der Waals surface area contributed by atoms with E-state index in [0.29, 0.717) is 117 Å². The highest BCUT2D eigenvalue weighted by atomic mass is 79.9. The first-order chi connectivity index (χ1) is 19.7. The Bertz CT molecular complexity index is 857. The second kappa shape index (κ2) is 21.1. The summed E-state index contributed by atoms with van der Waals surface area (Å²) in [5, 5.41) is 0. The largest absolute Gasteiger partial charge is 0.491 e. The number of halogens is 2. The molecule has 0 atom stereocenters. The molecule has 0 saturated carbocycles. The minimum Gasteiger partial charge on any atom is -0.491 e. The van der Waals surface area contributed by atoms with Gasteiger partial charge in [-0.05, 0) is 68.3 Å². The van der Waals surface area contributed by atoms with Crippen molar-refractivity contribution >= 4 is 31.9 Å². The molecule has 0 saturated heterocycles. The molecule has 0 aromatic heterocycles. The van der Waals surface area contributed by atoms with Gasteiger partial charge in [-0.25, -0.2) is 0 Å². The van der Waals surface area contributed by atoms with Crippen molar-refractivity contribution in [1.29, 1.82) is 0 Å². The van der Waals surface area contributed by atoms with E-state index in [9.17, 15) is 0 Å². The van der Waals surface area contributed by atoms with E-state index in [1.807, 2.05) is 36.4 Å². The molecule has 0 radical (unpaired) electrons. The molecule has 4 aliphatic heterocycles. The van der Waals surface area contributed by atoms with Crippen molar-refractivity contribution in [3.63, 3.8) is 0 Å². The molecule has 2 aromatic carbocycles. The molecule has 0 aliphatic carbocycles. The second-order valence-electron chi connectivity index (χ2n) is 8.25. The lowest BCUT2D eigenvalue weighted by Gasteiger charge is -2.13. The maximum absolute atomic E-state index is 5.82. The van der Waals surface area contributed by atoms with Crippen LogP contribution in [0.15, 0.2) is 45.3 Å². The third kappa shape index (κ3) is 14.3. The van der Waals surface area contributed by atoms with Crippen molar-refractivity contribution < 1.29 is 47.4 Å². The molecule has 4 heterocycles. The monoisotopic (exact) mass is 692 g/mol. The van der Waals surface area contributed by atoms with E-state index in [-0.39, 0.29) is 0 Å². The molecule has 10 nitrogen and oxygen atoms in total. The molecule has 224 valence electrons. The highest BCUT2D eigenvalue weighted by Gasteiger charge is 2.09. The molecular formula is C28H38Br2O10. The smallest absolute Gasteiger partial charge is 0.134 e. The summed E-state index contributed by atoms with van der Waals surface area (Å²) in [5.41, 5.74) is 0. The summed E-state index contributed by atoms with van der Waals surface area (Å²) in [5.74, 6) is 2.90. The molecule has 0 spiro atoms. The normalized spacial score (nSPS) is 18.9. The lowest BCUT2D eigenvalue weighted by Crippen LogP contribution is -2.14. The van der Waals surface area contributed by atoms with Crippen LogP contribution in [0.1, 0.15) is 0 Å². The molecule has 4 aliphatic rings. The predicted octanol–water partition coefficient (Wildman–Crippen LogP) is 4.54. The van der Waals surface area contributed by atoms with E-state index in [2.05, 4.69) is 31.9 Å². The zero-order valence-electron chi connectivity index (χ0n) is 22.6. The standard InChI is InChI=1S/C28H38Br2O10/c29-25-22-28-26(30)21-27(25)39-19-15-35-11-7-31-5-9-33-13-17-37-23-1-2-24(4-3-23)38-18-14-34-10-6-32-8-12-36-16-20-40-28/h1-4,21-22H,5-20H2. The molecule has 6 rings (SSSR count). The van der Waals surface area contributed by atoms with Crippen molar-refractivity contribution in [2.24, 2.45) is 0 Å². The van der Waals surface area contributed by atoms with Gasteiger partial charge in [0, 0.05) is 0 Å². The number of hydrogen-bond donors (Lipinski definition) is 0. The van der Waals surface area contributed by atoms with Crippen molar-refractivity contribution in [3.8, 4) is 23.0 Å². The lowest BCUT2D eigenvalue weighted by molar-refractivity contribution is 0.00462. The fourth-order valence-electron chi connectivity index (χ4n) is 3.31. The summed E-state index contributed by atoms with van der Waals surface area (Å²) in [6.07, 6.45) is 0. The van der Waals surface area contributed by atoms with Gasteiger partial charge in [-0.1, -0.05) is 0 Å². The van der Waals surface area contributed by atoms with Crippen molar-refractivity contribution in [2.75, 3.05) is 106 Å². The van der Waals surface area contributed by atoms with Crippen LogP contribution in [0.2, 0.25) is 0 Å². The Morgan fingerprint density at radius 3 is 0.900 bits per heavy atom. The average Bonchev–Trinajstić information content (AvgIpc) is 2.96. The maximum Gasteiger partial charge on any atom is 0.134 e. The van der Waals surface area contributed by atoms with Gasteiger partial charge in [-0.2, -0.15) is 0 Å². The van der Waals surface area contributed by atoms with Gasteiger partial charge in [0.15, 0.2) is 0 Å². The second-order valence-corrected chi connectivity index (χ2v) is 9.96. The van der Waals surface area contributed by atoms with Crippen LogP contribution in [0, 0.1) is 0 Å². The van der Waals surface area contributed by atoms with Crippen LogP contribution in [0.25, 0.3) is 0 Å². The Kier molecular flexibility index (Phi) is 17.4. The van der Waals surface area contributed by atoms with Crippen LogP contribution >= 0.6 is 31.9 Å². The van der Waals surface area contributed by atoms with E-state index < -0.39 is 0 Å². The maximum atomic E-state index is 5.82. The van der Waals surface area contributed by atoms with E-state index >= 15 is 0 Å². The zero-order chi connectivity index (χ0) is 28.1. The van der Waals surface area contributed by atoms with Crippen molar-refractivity contribution in [3.05, 3.63) is 45.3 Å². The van der Waals surface area contributed by atoms with Gasteiger partial charge in [-0.3, -0.25) is 0 Å². The van der Waals surface area contributed by atoms with Gasteiger partial charge in [0.25, 0.3) is 0 Å². The van der Waals surface area contributed by atoms with Gasteiger partial charge in [0.05, 0.1) is 88.2 Å². The van der Waals surface area contributed by atoms with Crippen LogP contribution < -0.4 is 18.9 Å². The van der Waals surface area contributed by atoms with E-state index in [1.165, 1.54) is 0 Å². The third-order valence-electron chi connectivity index (χ3n) is 5.26. The van der Waals surface area contributed by atoms with Crippen LogP contribution in [0.5, 0.6) is 23.0 Å². The van der Waals surface area contributed by atoms with Crippen molar-refractivity contribution in [2.45, 2.75) is 0 Å². The first-order valence-corrected chi connectivity index (χ1v) is 14.9. The van der Waals surface area contributed by atoms with Crippen LogP contribution in [-0.2, 0) is 28.4 Å². The molecule has 0 fully saturated rings. The number of rotatable bonds is 0. The summed E-state index contributed by atoms with van der Waals surface area (Å²) in [4.78, 5) is 0.